The number of ether oxygens (including phenoxy) is 1. The molecule has 0 radical (unpaired) electrons. The van der Waals surface area contributed by atoms with E-state index in [4.69, 9.17) is 16.3 Å². The summed E-state index contributed by atoms with van der Waals surface area (Å²) in [6.07, 6.45) is 8.04. The topological polar surface area (TPSA) is 26.3 Å². The van der Waals surface area contributed by atoms with Gasteiger partial charge >= 0.3 is 0 Å². The fourth-order valence-electron chi connectivity index (χ4n) is 1.39. The summed E-state index contributed by atoms with van der Waals surface area (Å²) in [5.74, 6) is 0.652. The van der Waals surface area contributed by atoms with Gasteiger partial charge in [0.15, 0.2) is 5.78 Å². The van der Waals surface area contributed by atoms with Crippen LogP contribution in [0.5, 0.6) is 0 Å². The van der Waals surface area contributed by atoms with Crippen molar-refractivity contribution in [2.24, 2.45) is 0 Å². The van der Waals surface area contributed by atoms with Gasteiger partial charge in [-0.3, -0.25) is 4.79 Å². The summed E-state index contributed by atoms with van der Waals surface area (Å²) in [6.45, 7) is 4.28. The van der Waals surface area contributed by atoms with Gasteiger partial charge in [0.1, 0.15) is 5.76 Å². The molecule has 0 saturated heterocycles. The number of ketones is 1. The van der Waals surface area contributed by atoms with Crippen molar-refractivity contribution in [2.75, 3.05) is 6.61 Å². The van der Waals surface area contributed by atoms with Gasteiger partial charge in [-0.25, -0.2) is 0 Å². The van der Waals surface area contributed by atoms with Gasteiger partial charge in [0.25, 0.3) is 0 Å². The molecular weight excluding hydrogens is 224 g/mol. The molecule has 0 spiro atoms. The molecule has 0 aliphatic heterocycles. The summed E-state index contributed by atoms with van der Waals surface area (Å²) >= 11 is 5.92. The number of carbonyl (C=O) groups excluding carboxylic acids is 1. The SMILES string of the molecule is CCCCOC1=CC=C(Cl)CC=C1C(C)=O. The third-order valence-electron chi connectivity index (χ3n) is 2.32. The smallest absolute Gasteiger partial charge is 0.163 e. The Hall–Kier alpha value is -1.02. The number of allylic oxidation sites excluding steroid dienone is 5. The summed E-state index contributed by atoms with van der Waals surface area (Å²) in [4.78, 5) is 11.4. The van der Waals surface area contributed by atoms with Crippen molar-refractivity contribution in [1.82, 2.24) is 0 Å². The maximum Gasteiger partial charge on any atom is 0.163 e. The number of carbonyl (C=O) groups is 1. The average Bonchev–Trinajstić information content (AvgIpc) is 2.41. The highest BCUT2D eigenvalue weighted by atomic mass is 35.5. The fourth-order valence-corrected chi connectivity index (χ4v) is 1.53. The van der Waals surface area contributed by atoms with Gasteiger partial charge in [-0.2, -0.15) is 0 Å². The predicted molar refractivity (Wildman–Crippen MR) is 66.3 cm³/mol. The Morgan fingerprint density at radius 3 is 2.88 bits per heavy atom. The second-order valence-electron chi connectivity index (χ2n) is 3.72. The molecule has 0 saturated carbocycles. The molecule has 0 bridgehead atoms. The van der Waals surface area contributed by atoms with E-state index >= 15 is 0 Å². The molecule has 0 unspecified atom stereocenters. The molecule has 0 fully saturated rings. The number of hydrogen-bond acceptors (Lipinski definition) is 2. The third-order valence-corrected chi connectivity index (χ3v) is 2.60. The molecule has 16 heavy (non-hydrogen) atoms. The van der Waals surface area contributed by atoms with E-state index in [1.165, 1.54) is 0 Å². The minimum Gasteiger partial charge on any atom is -0.493 e. The number of halogens is 1. The highest BCUT2D eigenvalue weighted by Gasteiger charge is 2.13. The number of rotatable bonds is 5. The van der Waals surface area contributed by atoms with Gasteiger partial charge in [0.2, 0.25) is 0 Å². The Labute approximate surface area is 102 Å². The molecule has 3 heteroatoms. The molecule has 1 rings (SSSR count). The van der Waals surface area contributed by atoms with Crippen LogP contribution >= 0.6 is 11.6 Å². The number of Topliss-reactive ketones (excluding diaryl/α,β-unsaturated/α-hetero) is 1. The summed E-state index contributed by atoms with van der Waals surface area (Å²) in [5.41, 5.74) is 0.628. The van der Waals surface area contributed by atoms with Gasteiger partial charge in [-0.15, -0.1) is 0 Å². The van der Waals surface area contributed by atoms with Crippen LogP contribution in [-0.2, 0) is 9.53 Å². The Balaban J connectivity index is 2.77. The lowest BCUT2D eigenvalue weighted by Gasteiger charge is -2.10. The van der Waals surface area contributed by atoms with E-state index < -0.39 is 0 Å². The average molecular weight is 241 g/mol. The molecule has 88 valence electrons. The minimum atomic E-state index is 0.0162. The van der Waals surface area contributed by atoms with Crippen LogP contribution in [-0.4, -0.2) is 12.4 Å². The summed E-state index contributed by atoms with van der Waals surface area (Å²) in [5, 5.41) is 0.716. The first kappa shape index (κ1) is 13.0. The highest BCUT2D eigenvalue weighted by molar-refractivity contribution is 6.29. The van der Waals surface area contributed by atoms with Crippen molar-refractivity contribution in [2.45, 2.75) is 33.1 Å². The Kier molecular flexibility index (Phi) is 5.33. The normalized spacial score (nSPS) is 15.8. The van der Waals surface area contributed by atoms with Crippen LogP contribution < -0.4 is 0 Å². The first-order valence-corrected chi connectivity index (χ1v) is 5.93. The van der Waals surface area contributed by atoms with E-state index in [1.807, 2.05) is 6.08 Å². The number of unbranched alkanes of at least 4 members (excludes halogenated alkanes) is 1. The molecular formula is C13H17ClO2. The van der Waals surface area contributed by atoms with Crippen LogP contribution in [0.1, 0.15) is 33.1 Å². The monoisotopic (exact) mass is 240 g/mol. The van der Waals surface area contributed by atoms with Crippen molar-refractivity contribution in [3.8, 4) is 0 Å². The van der Waals surface area contributed by atoms with Gasteiger partial charge in [0.05, 0.1) is 12.2 Å². The van der Waals surface area contributed by atoms with E-state index in [2.05, 4.69) is 6.92 Å². The lowest BCUT2D eigenvalue weighted by molar-refractivity contribution is -0.113. The van der Waals surface area contributed by atoms with Gasteiger partial charge < -0.3 is 4.74 Å². The van der Waals surface area contributed by atoms with Crippen LogP contribution in [0.25, 0.3) is 0 Å². The molecule has 1 aliphatic carbocycles. The van der Waals surface area contributed by atoms with E-state index in [0.717, 1.165) is 12.8 Å². The zero-order valence-electron chi connectivity index (χ0n) is 9.75. The highest BCUT2D eigenvalue weighted by Crippen LogP contribution is 2.22. The molecule has 0 amide bonds. The van der Waals surface area contributed by atoms with Crippen molar-refractivity contribution in [3.05, 3.63) is 34.6 Å². The van der Waals surface area contributed by atoms with Gasteiger partial charge in [-0.1, -0.05) is 31.0 Å². The third kappa shape index (κ3) is 3.86. The lowest BCUT2D eigenvalue weighted by Crippen LogP contribution is -2.04. The van der Waals surface area contributed by atoms with Crippen LogP contribution in [0.15, 0.2) is 34.6 Å². The Bertz CT molecular complexity index is 351. The lowest BCUT2D eigenvalue weighted by atomic mass is 10.1. The molecule has 1 aliphatic rings. The molecule has 0 aromatic carbocycles. The standard InChI is InChI=1S/C13H17ClO2/c1-3-4-9-16-13-8-6-11(14)5-7-12(13)10(2)15/h6-8H,3-5,9H2,1-2H3. The first-order valence-electron chi connectivity index (χ1n) is 5.55. The maximum absolute atomic E-state index is 11.4. The van der Waals surface area contributed by atoms with Crippen LogP contribution in [0.2, 0.25) is 0 Å². The number of hydrogen-bond donors (Lipinski definition) is 0. The predicted octanol–water partition coefficient (Wildman–Crippen LogP) is 3.73. The quantitative estimate of drug-likeness (QED) is 0.685. The Morgan fingerprint density at radius 1 is 1.50 bits per heavy atom. The zero-order chi connectivity index (χ0) is 12.0. The van der Waals surface area contributed by atoms with Crippen molar-refractivity contribution < 1.29 is 9.53 Å². The molecule has 0 heterocycles. The summed E-state index contributed by atoms with van der Waals surface area (Å²) in [6, 6.07) is 0. The van der Waals surface area contributed by atoms with Crippen molar-refractivity contribution in [1.29, 1.82) is 0 Å². The van der Waals surface area contributed by atoms with E-state index in [1.54, 1.807) is 19.1 Å². The second-order valence-corrected chi connectivity index (χ2v) is 4.21. The maximum atomic E-state index is 11.4. The van der Waals surface area contributed by atoms with E-state index in [-0.39, 0.29) is 5.78 Å². The fraction of sp³-hybridized carbons (Fsp3) is 0.462. The van der Waals surface area contributed by atoms with Crippen molar-refractivity contribution >= 4 is 17.4 Å². The Morgan fingerprint density at radius 2 is 2.25 bits per heavy atom. The molecule has 0 atom stereocenters. The molecule has 0 N–H and O–H groups in total. The second kappa shape index (κ2) is 6.54. The summed E-state index contributed by atoms with van der Waals surface area (Å²) < 4.78 is 5.59. The van der Waals surface area contributed by atoms with Crippen molar-refractivity contribution in [3.63, 3.8) is 0 Å². The van der Waals surface area contributed by atoms with Crippen LogP contribution in [0.4, 0.5) is 0 Å². The van der Waals surface area contributed by atoms with Crippen LogP contribution in [0, 0.1) is 0 Å². The van der Waals surface area contributed by atoms with Gasteiger partial charge in [0, 0.05) is 11.5 Å². The molecule has 0 aromatic heterocycles. The zero-order valence-corrected chi connectivity index (χ0v) is 10.5. The van der Waals surface area contributed by atoms with Crippen LogP contribution in [0.3, 0.4) is 0 Å². The first-order chi connectivity index (χ1) is 7.65. The largest absolute Gasteiger partial charge is 0.493 e. The van der Waals surface area contributed by atoms with E-state index in [0.29, 0.717) is 29.4 Å². The summed E-state index contributed by atoms with van der Waals surface area (Å²) in [7, 11) is 0. The van der Waals surface area contributed by atoms with Gasteiger partial charge in [-0.05, 0) is 25.5 Å². The minimum absolute atomic E-state index is 0.0162. The van der Waals surface area contributed by atoms with E-state index in [9.17, 15) is 4.79 Å². The molecule has 2 nitrogen and oxygen atoms in total. The molecule has 0 aromatic rings.